The van der Waals surface area contributed by atoms with Crippen molar-refractivity contribution in [3.8, 4) is 0 Å². The Bertz CT molecular complexity index is 589. The highest BCUT2D eigenvalue weighted by molar-refractivity contribution is 5.93. The normalized spacial score (nSPS) is 18.3. The molecule has 1 aromatic heterocycles. The lowest BCUT2D eigenvalue weighted by Crippen LogP contribution is -2.46. The van der Waals surface area contributed by atoms with Crippen LogP contribution in [0.3, 0.4) is 0 Å². The molecule has 1 unspecified atom stereocenters. The molecule has 2 amide bonds. The zero-order valence-electron chi connectivity index (χ0n) is 13.0. The molecule has 0 aliphatic carbocycles. The zero-order chi connectivity index (χ0) is 17.7. The van der Waals surface area contributed by atoms with Crippen LogP contribution in [0.2, 0.25) is 0 Å². The highest BCUT2D eigenvalue weighted by Gasteiger charge is 2.32. The number of halogens is 3. The number of nitrogens with zero attached hydrogens (tertiary/aromatic N) is 2. The molecule has 0 spiro atoms. The average Bonchev–Trinajstić information content (AvgIpc) is 2.58. The predicted molar refractivity (Wildman–Crippen MR) is 79.9 cm³/mol. The fourth-order valence-electron chi connectivity index (χ4n) is 2.57. The zero-order valence-corrected chi connectivity index (χ0v) is 13.0. The summed E-state index contributed by atoms with van der Waals surface area (Å²) in [7, 11) is 0. The Labute approximate surface area is 137 Å². The Morgan fingerprint density at radius 3 is 2.71 bits per heavy atom. The van der Waals surface area contributed by atoms with E-state index in [4.69, 9.17) is 5.73 Å². The standard InChI is InChI=1S/C15H19F3N4O2/c16-15(17,18)11-3-4-12(21-8-11)14(24)22-7-1-2-10(9-22)13(23)20-6-5-19/h3-4,8,10H,1-2,5-7,9,19H2,(H,20,23). The molecule has 9 heteroatoms. The van der Waals surface area contributed by atoms with E-state index in [2.05, 4.69) is 10.3 Å². The monoisotopic (exact) mass is 344 g/mol. The second-order valence-electron chi connectivity index (χ2n) is 5.60. The Kier molecular flexibility index (Phi) is 5.76. The summed E-state index contributed by atoms with van der Waals surface area (Å²) in [5.74, 6) is -0.984. The van der Waals surface area contributed by atoms with Gasteiger partial charge in [-0.15, -0.1) is 0 Å². The third-order valence-electron chi connectivity index (χ3n) is 3.83. The van der Waals surface area contributed by atoms with E-state index in [0.29, 0.717) is 38.7 Å². The van der Waals surface area contributed by atoms with Crippen LogP contribution in [0.15, 0.2) is 18.3 Å². The number of nitrogens with one attached hydrogen (secondary N) is 1. The van der Waals surface area contributed by atoms with Gasteiger partial charge in [-0.2, -0.15) is 13.2 Å². The van der Waals surface area contributed by atoms with E-state index in [1.807, 2.05) is 0 Å². The van der Waals surface area contributed by atoms with Crippen LogP contribution in [0.1, 0.15) is 28.9 Å². The van der Waals surface area contributed by atoms with Crippen molar-refractivity contribution in [3.63, 3.8) is 0 Å². The molecule has 0 saturated carbocycles. The number of hydrogen-bond acceptors (Lipinski definition) is 4. The lowest BCUT2D eigenvalue weighted by atomic mass is 9.97. The summed E-state index contributed by atoms with van der Waals surface area (Å²) in [4.78, 5) is 29.4. The van der Waals surface area contributed by atoms with Crippen molar-refractivity contribution in [1.82, 2.24) is 15.2 Å². The van der Waals surface area contributed by atoms with Crippen LogP contribution in [-0.2, 0) is 11.0 Å². The van der Waals surface area contributed by atoms with Crippen LogP contribution < -0.4 is 11.1 Å². The van der Waals surface area contributed by atoms with E-state index in [1.165, 1.54) is 4.90 Å². The summed E-state index contributed by atoms with van der Waals surface area (Å²) < 4.78 is 37.6. The van der Waals surface area contributed by atoms with Gasteiger partial charge in [-0.25, -0.2) is 0 Å². The van der Waals surface area contributed by atoms with Gasteiger partial charge in [0.25, 0.3) is 5.91 Å². The SMILES string of the molecule is NCCNC(=O)C1CCCN(C(=O)c2ccc(C(F)(F)F)cn2)C1. The van der Waals surface area contributed by atoms with Gasteiger partial charge < -0.3 is 16.0 Å². The van der Waals surface area contributed by atoms with E-state index in [0.717, 1.165) is 12.1 Å². The Hall–Kier alpha value is -2.16. The van der Waals surface area contributed by atoms with Gasteiger partial charge in [0.15, 0.2) is 0 Å². The van der Waals surface area contributed by atoms with Crippen LogP contribution in [0.4, 0.5) is 13.2 Å². The summed E-state index contributed by atoms with van der Waals surface area (Å²) in [6.07, 6.45) is -2.55. The van der Waals surface area contributed by atoms with E-state index in [9.17, 15) is 22.8 Å². The summed E-state index contributed by atoms with van der Waals surface area (Å²) >= 11 is 0. The summed E-state index contributed by atoms with van der Waals surface area (Å²) in [6.45, 7) is 1.36. The molecule has 1 saturated heterocycles. The van der Waals surface area contributed by atoms with Crippen molar-refractivity contribution < 1.29 is 22.8 Å². The van der Waals surface area contributed by atoms with Crippen LogP contribution >= 0.6 is 0 Å². The quantitative estimate of drug-likeness (QED) is 0.854. The number of hydrogen-bond donors (Lipinski definition) is 2. The molecule has 1 aliphatic rings. The van der Waals surface area contributed by atoms with Gasteiger partial charge in [-0.1, -0.05) is 0 Å². The number of piperidine rings is 1. The van der Waals surface area contributed by atoms with Crippen molar-refractivity contribution in [2.45, 2.75) is 19.0 Å². The first-order chi connectivity index (χ1) is 11.3. The summed E-state index contributed by atoms with van der Waals surface area (Å²) in [5.41, 5.74) is 4.36. The van der Waals surface area contributed by atoms with Crippen LogP contribution in [0.25, 0.3) is 0 Å². The van der Waals surface area contributed by atoms with Crippen molar-refractivity contribution in [2.24, 2.45) is 11.7 Å². The number of likely N-dealkylation sites (tertiary alicyclic amines) is 1. The van der Waals surface area contributed by atoms with E-state index in [1.54, 1.807) is 0 Å². The van der Waals surface area contributed by atoms with Gasteiger partial charge in [0, 0.05) is 32.4 Å². The number of nitrogens with two attached hydrogens (primary N) is 1. The number of aromatic nitrogens is 1. The average molecular weight is 344 g/mol. The van der Waals surface area contributed by atoms with Crippen molar-refractivity contribution in [3.05, 3.63) is 29.6 Å². The maximum absolute atomic E-state index is 12.5. The number of alkyl halides is 3. The lowest BCUT2D eigenvalue weighted by Gasteiger charge is -2.31. The van der Waals surface area contributed by atoms with Gasteiger partial charge in [-0.3, -0.25) is 14.6 Å². The Morgan fingerprint density at radius 2 is 2.12 bits per heavy atom. The fourth-order valence-corrected chi connectivity index (χ4v) is 2.57. The molecule has 2 heterocycles. The van der Waals surface area contributed by atoms with Gasteiger partial charge in [0.05, 0.1) is 11.5 Å². The lowest BCUT2D eigenvalue weighted by molar-refractivity contribution is -0.137. The molecular weight excluding hydrogens is 325 g/mol. The van der Waals surface area contributed by atoms with Crippen LogP contribution in [0.5, 0.6) is 0 Å². The minimum Gasteiger partial charge on any atom is -0.355 e. The molecule has 3 N–H and O–H groups in total. The molecule has 24 heavy (non-hydrogen) atoms. The molecular formula is C15H19F3N4O2. The minimum atomic E-state index is -4.49. The molecule has 1 fully saturated rings. The largest absolute Gasteiger partial charge is 0.417 e. The molecule has 1 aliphatic heterocycles. The van der Waals surface area contributed by atoms with Gasteiger partial charge >= 0.3 is 6.18 Å². The van der Waals surface area contributed by atoms with Gasteiger partial charge in [0.1, 0.15) is 5.69 Å². The first-order valence-electron chi connectivity index (χ1n) is 7.63. The van der Waals surface area contributed by atoms with E-state index < -0.39 is 17.6 Å². The third-order valence-corrected chi connectivity index (χ3v) is 3.83. The second kappa shape index (κ2) is 7.61. The van der Waals surface area contributed by atoms with E-state index in [-0.39, 0.29) is 24.1 Å². The Balaban J connectivity index is 2.02. The van der Waals surface area contributed by atoms with Crippen molar-refractivity contribution >= 4 is 11.8 Å². The van der Waals surface area contributed by atoms with Crippen LogP contribution in [-0.4, -0.2) is 47.9 Å². The van der Waals surface area contributed by atoms with E-state index >= 15 is 0 Å². The maximum atomic E-state index is 12.5. The topological polar surface area (TPSA) is 88.3 Å². The van der Waals surface area contributed by atoms with Crippen LogP contribution in [0, 0.1) is 5.92 Å². The first-order valence-corrected chi connectivity index (χ1v) is 7.63. The third kappa shape index (κ3) is 4.44. The molecule has 1 atom stereocenters. The Morgan fingerprint density at radius 1 is 1.38 bits per heavy atom. The molecule has 0 radical (unpaired) electrons. The first kappa shape index (κ1) is 18.2. The molecule has 0 aromatic carbocycles. The predicted octanol–water partition coefficient (Wildman–Crippen LogP) is 1.03. The molecule has 6 nitrogen and oxygen atoms in total. The number of amides is 2. The number of rotatable bonds is 4. The number of carbonyl (C=O) groups is 2. The molecule has 2 rings (SSSR count). The molecule has 1 aromatic rings. The fraction of sp³-hybridized carbons (Fsp3) is 0.533. The van der Waals surface area contributed by atoms with Crippen molar-refractivity contribution in [1.29, 1.82) is 0 Å². The highest BCUT2D eigenvalue weighted by Crippen LogP contribution is 2.28. The number of carbonyl (C=O) groups excluding carboxylic acids is 2. The van der Waals surface area contributed by atoms with Gasteiger partial charge in [-0.05, 0) is 25.0 Å². The molecule has 132 valence electrons. The highest BCUT2D eigenvalue weighted by atomic mass is 19.4. The van der Waals surface area contributed by atoms with Gasteiger partial charge in [0.2, 0.25) is 5.91 Å². The number of pyridine rings is 1. The summed E-state index contributed by atoms with van der Waals surface area (Å²) in [6, 6.07) is 1.89. The summed E-state index contributed by atoms with van der Waals surface area (Å²) in [5, 5.41) is 2.68. The second-order valence-corrected chi connectivity index (χ2v) is 5.60. The minimum absolute atomic E-state index is 0.0639. The maximum Gasteiger partial charge on any atom is 0.417 e. The van der Waals surface area contributed by atoms with Crippen molar-refractivity contribution in [2.75, 3.05) is 26.2 Å². The molecule has 0 bridgehead atoms. The smallest absolute Gasteiger partial charge is 0.355 e.